The zero-order valence-corrected chi connectivity index (χ0v) is 11.4. The van der Waals surface area contributed by atoms with E-state index in [-0.39, 0.29) is 0 Å². The Hall–Kier alpha value is -2.05. The van der Waals surface area contributed by atoms with Gasteiger partial charge in [0.05, 0.1) is 23.5 Å². The molecule has 0 N–H and O–H groups in total. The second-order valence-corrected chi connectivity index (χ2v) is 4.54. The highest BCUT2D eigenvalue weighted by molar-refractivity contribution is 6.30. The van der Waals surface area contributed by atoms with Gasteiger partial charge in [0.1, 0.15) is 6.07 Å². The second-order valence-electron chi connectivity index (χ2n) is 4.11. The lowest BCUT2D eigenvalue weighted by molar-refractivity contribution is 0.808. The van der Waals surface area contributed by atoms with Gasteiger partial charge in [-0.3, -0.25) is 4.98 Å². The number of pyridine rings is 1. The molecule has 2 rings (SSSR count). The molecule has 0 aliphatic rings. The molecule has 2 aromatic rings. The first-order chi connectivity index (χ1) is 9.24. The van der Waals surface area contributed by atoms with Crippen LogP contribution in [0.15, 0.2) is 42.6 Å². The molecule has 1 aromatic carbocycles. The fourth-order valence-electron chi connectivity index (χ4n) is 1.92. The predicted molar refractivity (Wildman–Crippen MR) is 77.1 cm³/mol. The van der Waals surface area contributed by atoms with Crippen LogP contribution in [-0.4, -0.2) is 11.5 Å². The molecule has 96 valence electrons. The van der Waals surface area contributed by atoms with Crippen LogP contribution in [0.1, 0.15) is 18.2 Å². The molecule has 0 unspecified atom stereocenters. The number of anilines is 1. The molecule has 0 spiro atoms. The van der Waals surface area contributed by atoms with Crippen molar-refractivity contribution in [1.29, 1.82) is 5.26 Å². The van der Waals surface area contributed by atoms with Gasteiger partial charge in [0.2, 0.25) is 0 Å². The summed E-state index contributed by atoms with van der Waals surface area (Å²) < 4.78 is 0. The molecule has 1 aromatic heterocycles. The Labute approximate surface area is 118 Å². The van der Waals surface area contributed by atoms with Gasteiger partial charge in [0.25, 0.3) is 0 Å². The Kier molecular flexibility index (Phi) is 4.38. The van der Waals surface area contributed by atoms with Crippen LogP contribution < -0.4 is 4.90 Å². The summed E-state index contributed by atoms with van der Waals surface area (Å²) in [4.78, 5) is 6.40. The van der Waals surface area contributed by atoms with E-state index in [1.54, 1.807) is 18.3 Å². The number of benzene rings is 1. The molecule has 0 bridgehead atoms. The largest absolute Gasteiger partial charge is 0.365 e. The average Bonchev–Trinajstić information content (AvgIpc) is 2.46. The highest BCUT2D eigenvalue weighted by Crippen LogP contribution is 2.25. The summed E-state index contributed by atoms with van der Waals surface area (Å²) in [5, 5.41) is 9.82. The first kappa shape index (κ1) is 13.4. The van der Waals surface area contributed by atoms with Crippen molar-refractivity contribution >= 4 is 17.3 Å². The first-order valence-electron chi connectivity index (χ1n) is 6.09. The summed E-state index contributed by atoms with van der Waals surface area (Å²) in [5.41, 5.74) is 2.44. The molecule has 0 saturated carbocycles. The molecule has 0 radical (unpaired) electrons. The number of hydrogen-bond acceptors (Lipinski definition) is 3. The van der Waals surface area contributed by atoms with E-state index in [2.05, 4.69) is 16.0 Å². The summed E-state index contributed by atoms with van der Waals surface area (Å²) >= 11 is 6.03. The zero-order valence-electron chi connectivity index (χ0n) is 10.7. The van der Waals surface area contributed by atoms with Crippen LogP contribution in [0.4, 0.5) is 5.69 Å². The van der Waals surface area contributed by atoms with E-state index < -0.39 is 0 Å². The molecular formula is C15H14ClN3. The van der Waals surface area contributed by atoms with Gasteiger partial charge in [-0.25, -0.2) is 0 Å². The van der Waals surface area contributed by atoms with Gasteiger partial charge < -0.3 is 4.90 Å². The minimum absolute atomic E-state index is 0.627. The Balaban J connectivity index is 2.32. The number of nitriles is 1. The smallest absolute Gasteiger partial charge is 0.101 e. The van der Waals surface area contributed by atoms with Gasteiger partial charge in [-0.2, -0.15) is 5.26 Å². The van der Waals surface area contributed by atoms with Crippen molar-refractivity contribution in [2.75, 3.05) is 11.4 Å². The summed E-state index contributed by atoms with van der Waals surface area (Å²) in [6.07, 6.45) is 1.77. The number of nitrogens with zero attached hydrogens (tertiary/aromatic N) is 3. The van der Waals surface area contributed by atoms with Gasteiger partial charge in [-0.05, 0) is 37.3 Å². The second kappa shape index (κ2) is 6.21. The van der Waals surface area contributed by atoms with Gasteiger partial charge in [-0.1, -0.05) is 17.7 Å². The van der Waals surface area contributed by atoms with E-state index in [1.807, 2.05) is 31.2 Å². The summed E-state index contributed by atoms with van der Waals surface area (Å²) in [7, 11) is 0. The maximum atomic E-state index is 9.18. The third kappa shape index (κ3) is 3.24. The maximum absolute atomic E-state index is 9.18. The minimum atomic E-state index is 0.627. The quantitative estimate of drug-likeness (QED) is 0.852. The highest BCUT2D eigenvalue weighted by Gasteiger charge is 2.11. The van der Waals surface area contributed by atoms with Crippen LogP contribution in [0.5, 0.6) is 0 Å². The molecule has 0 atom stereocenters. The molecule has 0 aliphatic carbocycles. The van der Waals surface area contributed by atoms with Crippen LogP contribution in [0, 0.1) is 11.3 Å². The molecule has 1 heterocycles. The number of halogens is 1. The molecule has 19 heavy (non-hydrogen) atoms. The Bertz CT molecular complexity index is 590. The van der Waals surface area contributed by atoms with Crippen molar-refractivity contribution in [1.82, 2.24) is 4.98 Å². The number of rotatable bonds is 4. The van der Waals surface area contributed by atoms with E-state index in [1.165, 1.54) is 0 Å². The molecular weight excluding hydrogens is 258 g/mol. The standard InChI is InChI=1S/C15H14ClN3/c1-2-19(11-14-5-3-4-8-18-14)15-9-13(16)7-6-12(15)10-17/h3-9H,2,11H2,1H3. The zero-order chi connectivity index (χ0) is 13.7. The first-order valence-corrected chi connectivity index (χ1v) is 6.47. The molecule has 4 heteroatoms. The molecule has 0 fully saturated rings. The van der Waals surface area contributed by atoms with Gasteiger partial charge in [0, 0.05) is 17.8 Å². The van der Waals surface area contributed by atoms with Gasteiger partial charge >= 0.3 is 0 Å². The topological polar surface area (TPSA) is 39.9 Å². The monoisotopic (exact) mass is 271 g/mol. The summed E-state index contributed by atoms with van der Waals surface area (Å²) in [6, 6.07) is 13.3. The lowest BCUT2D eigenvalue weighted by Crippen LogP contribution is -2.23. The highest BCUT2D eigenvalue weighted by atomic mass is 35.5. The third-order valence-electron chi connectivity index (χ3n) is 2.88. The summed E-state index contributed by atoms with van der Waals surface area (Å²) in [5.74, 6) is 0. The Morgan fingerprint density at radius 1 is 1.32 bits per heavy atom. The van der Waals surface area contributed by atoms with E-state index >= 15 is 0 Å². The van der Waals surface area contributed by atoms with Crippen molar-refractivity contribution in [2.45, 2.75) is 13.5 Å². The SMILES string of the molecule is CCN(Cc1ccccn1)c1cc(Cl)ccc1C#N. The minimum Gasteiger partial charge on any atom is -0.365 e. The fourth-order valence-corrected chi connectivity index (χ4v) is 2.08. The lowest BCUT2D eigenvalue weighted by atomic mass is 10.1. The van der Waals surface area contributed by atoms with E-state index in [9.17, 15) is 5.26 Å². The number of aromatic nitrogens is 1. The molecule has 0 amide bonds. The Morgan fingerprint density at radius 3 is 2.79 bits per heavy atom. The predicted octanol–water partition coefficient (Wildman–Crippen LogP) is 3.63. The molecule has 3 nitrogen and oxygen atoms in total. The van der Waals surface area contributed by atoms with Gasteiger partial charge in [0.15, 0.2) is 0 Å². The van der Waals surface area contributed by atoms with E-state index in [4.69, 9.17) is 11.6 Å². The van der Waals surface area contributed by atoms with Crippen LogP contribution in [-0.2, 0) is 6.54 Å². The average molecular weight is 272 g/mol. The van der Waals surface area contributed by atoms with Crippen LogP contribution in [0.3, 0.4) is 0 Å². The number of hydrogen-bond donors (Lipinski definition) is 0. The van der Waals surface area contributed by atoms with Crippen molar-refractivity contribution in [3.8, 4) is 6.07 Å². The van der Waals surface area contributed by atoms with Crippen LogP contribution >= 0.6 is 11.6 Å². The lowest BCUT2D eigenvalue weighted by Gasteiger charge is -2.24. The van der Waals surface area contributed by atoms with Gasteiger partial charge in [-0.15, -0.1) is 0 Å². The maximum Gasteiger partial charge on any atom is 0.101 e. The van der Waals surface area contributed by atoms with Crippen molar-refractivity contribution in [3.63, 3.8) is 0 Å². The van der Waals surface area contributed by atoms with Crippen LogP contribution in [0.25, 0.3) is 0 Å². The van der Waals surface area contributed by atoms with E-state index in [0.717, 1.165) is 17.9 Å². The summed E-state index contributed by atoms with van der Waals surface area (Å²) in [6.45, 7) is 3.49. The Morgan fingerprint density at radius 2 is 2.16 bits per heavy atom. The third-order valence-corrected chi connectivity index (χ3v) is 3.12. The van der Waals surface area contributed by atoms with Crippen LogP contribution in [0.2, 0.25) is 5.02 Å². The fraction of sp³-hybridized carbons (Fsp3) is 0.200. The molecule has 0 aliphatic heterocycles. The normalized spacial score (nSPS) is 9.95. The molecule has 0 saturated heterocycles. The van der Waals surface area contributed by atoms with Crippen molar-refractivity contribution < 1.29 is 0 Å². The van der Waals surface area contributed by atoms with Crippen molar-refractivity contribution in [3.05, 3.63) is 58.9 Å². The van der Waals surface area contributed by atoms with Crippen molar-refractivity contribution in [2.24, 2.45) is 0 Å². The van der Waals surface area contributed by atoms with E-state index in [0.29, 0.717) is 17.1 Å².